The summed E-state index contributed by atoms with van der Waals surface area (Å²) in [6, 6.07) is 0. The topological polar surface area (TPSA) is 20.3 Å². The average Bonchev–Trinajstić information content (AvgIpc) is 2.50. The number of carbonyl (C=O) groups is 1. The molecule has 0 saturated carbocycles. The quantitative estimate of drug-likeness (QED) is 0.651. The van der Waals surface area contributed by atoms with Gasteiger partial charge in [-0.3, -0.25) is 4.79 Å². The fourth-order valence-electron chi connectivity index (χ4n) is 1.63. The number of thiol groups is 1. The molecular weight excluding hydrogens is 170 g/mol. The lowest BCUT2D eigenvalue weighted by Gasteiger charge is -2.17. The van der Waals surface area contributed by atoms with Crippen molar-refractivity contribution < 1.29 is 4.79 Å². The molecule has 1 aliphatic rings. The monoisotopic (exact) mass is 187 g/mol. The summed E-state index contributed by atoms with van der Waals surface area (Å²) in [6.45, 7) is 5.90. The first-order chi connectivity index (χ1) is 5.65. The van der Waals surface area contributed by atoms with E-state index in [4.69, 9.17) is 0 Å². The van der Waals surface area contributed by atoms with Crippen LogP contribution in [0.3, 0.4) is 0 Å². The largest absolute Gasteiger partial charge is 0.341 e. The summed E-state index contributed by atoms with van der Waals surface area (Å²) in [5.41, 5.74) is 0. The number of carbonyl (C=O) groups excluding carboxylic acids is 1. The third kappa shape index (κ3) is 2.16. The van der Waals surface area contributed by atoms with Crippen LogP contribution in [0.25, 0.3) is 0 Å². The zero-order valence-corrected chi connectivity index (χ0v) is 8.68. The molecule has 0 aliphatic carbocycles. The molecule has 1 amide bonds. The SMILES string of the molecule is CCC1CCN(C(=O)C(C)S)C1. The van der Waals surface area contributed by atoms with Crippen LogP contribution in [0.4, 0.5) is 0 Å². The summed E-state index contributed by atoms with van der Waals surface area (Å²) in [4.78, 5) is 13.4. The molecule has 1 fully saturated rings. The van der Waals surface area contributed by atoms with Crippen molar-refractivity contribution >= 4 is 18.5 Å². The molecule has 2 unspecified atom stereocenters. The maximum Gasteiger partial charge on any atom is 0.235 e. The number of amides is 1. The molecule has 1 aliphatic heterocycles. The normalized spacial score (nSPS) is 25.9. The van der Waals surface area contributed by atoms with Gasteiger partial charge in [-0.05, 0) is 19.3 Å². The lowest BCUT2D eigenvalue weighted by Crippen LogP contribution is -2.33. The molecule has 2 atom stereocenters. The first-order valence-corrected chi connectivity index (χ1v) is 5.13. The Balaban J connectivity index is 2.41. The van der Waals surface area contributed by atoms with Crippen molar-refractivity contribution in [2.75, 3.05) is 13.1 Å². The predicted molar refractivity (Wildman–Crippen MR) is 53.4 cm³/mol. The van der Waals surface area contributed by atoms with Gasteiger partial charge < -0.3 is 4.90 Å². The highest BCUT2D eigenvalue weighted by molar-refractivity contribution is 7.81. The fraction of sp³-hybridized carbons (Fsp3) is 0.889. The number of likely N-dealkylation sites (tertiary alicyclic amines) is 1. The molecule has 3 heteroatoms. The van der Waals surface area contributed by atoms with Gasteiger partial charge in [0, 0.05) is 13.1 Å². The minimum absolute atomic E-state index is 0.138. The van der Waals surface area contributed by atoms with E-state index in [2.05, 4.69) is 19.6 Å². The van der Waals surface area contributed by atoms with Crippen molar-refractivity contribution in [3.63, 3.8) is 0 Å². The Morgan fingerprint density at radius 1 is 1.75 bits per heavy atom. The van der Waals surface area contributed by atoms with E-state index in [1.807, 2.05) is 11.8 Å². The number of hydrogen-bond acceptors (Lipinski definition) is 2. The molecule has 1 rings (SSSR count). The van der Waals surface area contributed by atoms with Crippen LogP contribution in [-0.4, -0.2) is 29.1 Å². The molecule has 70 valence electrons. The molecule has 2 nitrogen and oxygen atoms in total. The molecule has 1 heterocycles. The van der Waals surface area contributed by atoms with Gasteiger partial charge in [0.15, 0.2) is 0 Å². The Morgan fingerprint density at radius 2 is 2.42 bits per heavy atom. The van der Waals surface area contributed by atoms with Gasteiger partial charge in [0.2, 0.25) is 5.91 Å². The summed E-state index contributed by atoms with van der Waals surface area (Å²) in [7, 11) is 0. The highest BCUT2D eigenvalue weighted by Gasteiger charge is 2.26. The van der Waals surface area contributed by atoms with Crippen LogP contribution >= 0.6 is 12.6 Å². The maximum absolute atomic E-state index is 11.5. The Bertz CT molecular complexity index is 170. The van der Waals surface area contributed by atoms with Crippen LogP contribution in [0, 0.1) is 5.92 Å². The standard InChI is InChI=1S/C9H17NOS/c1-3-8-4-5-10(6-8)9(11)7(2)12/h7-8,12H,3-6H2,1-2H3. The molecule has 0 aromatic rings. The molecule has 0 aromatic heterocycles. The van der Waals surface area contributed by atoms with E-state index in [0.29, 0.717) is 0 Å². The second-order valence-electron chi connectivity index (χ2n) is 3.52. The summed E-state index contributed by atoms with van der Waals surface area (Å²) < 4.78 is 0. The van der Waals surface area contributed by atoms with E-state index in [0.717, 1.165) is 19.0 Å². The van der Waals surface area contributed by atoms with E-state index in [1.165, 1.54) is 12.8 Å². The van der Waals surface area contributed by atoms with Gasteiger partial charge in [-0.25, -0.2) is 0 Å². The van der Waals surface area contributed by atoms with Gasteiger partial charge in [0.25, 0.3) is 0 Å². The second kappa shape index (κ2) is 4.17. The van der Waals surface area contributed by atoms with Crippen molar-refractivity contribution in [2.45, 2.75) is 31.9 Å². The van der Waals surface area contributed by atoms with Gasteiger partial charge in [0.1, 0.15) is 0 Å². The first kappa shape index (κ1) is 9.90. The van der Waals surface area contributed by atoms with Crippen LogP contribution in [-0.2, 0) is 4.79 Å². The Kier molecular flexibility index (Phi) is 3.44. The van der Waals surface area contributed by atoms with Gasteiger partial charge in [0.05, 0.1) is 5.25 Å². The zero-order chi connectivity index (χ0) is 9.14. The number of nitrogens with zero attached hydrogens (tertiary/aromatic N) is 1. The van der Waals surface area contributed by atoms with Crippen molar-refractivity contribution in [3.05, 3.63) is 0 Å². The molecular formula is C9H17NOS. The Labute approximate surface area is 79.7 Å². The second-order valence-corrected chi connectivity index (χ2v) is 4.30. The molecule has 0 spiro atoms. The van der Waals surface area contributed by atoms with Crippen LogP contribution in [0.2, 0.25) is 0 Å². The van der Waals surface area contributed by atoms with Crippen LogP contribution in [0.5, 0.6) is 0 Å². The number of rotatable bonds is 2. The van der Waals surface area contributed by atoms with Crippen molar-refractivity contribution in [2.24, 2.45) is 5.92 Å². The first-order valence-electron chi connectivity index (χ1n) is 4.62. The minimum atomic E-state index is -0.138. The summed E-state index contributed by atoms with van der Waals surface area (Å²) in [5, 5.41) is -0.138. The van der Waals surface area contributed by atoms with Gasteiger partial charge in [-0.15, -0.1) is 0 Å². The summed E-state index contributed by atoms with van der Waals surface area (Å²) in [5.74, 6) is 0.912. The summed E-state index contributed by atoms with van der Waals surface area (Å²) in [6.07, 6.45) is 2.35. The van der Waals surface area contributed by atoms with E-state index in [9.17, 15) is 4.79 Å². The van der Waals surface area contributed by atoms with Gasteiger partial charge in [-0.2, -0.15) is 12.6 Å². The Morgan fingerprint density at radius 3 is 2.83 bits per heavy atom. The highest BCUT2D eigenvalue weighted by atomic mass is 32.1. The zero-order valence-electron chi connectivity index (χ0n) is 7.79. The van der Waals surface area contributed by atoms with Crippen LogP contribution < -0.4 is 0 Å². The van der Waals surface area contributed by atoms with Crippen molar-refractivity contribution in [1.29, 1.82) is 0 Å². The molecule has 12 heavy (non-hydrogen) atoms. The number of hydrogen-bond donors (Lipinski definition) is 1. The lowest BCUT2D eigenvalue weighted by molar-refractivity contribution is -0.129. The third-order valence-electron chi connectivity index (χ3n) is 2.53. The molecule has 0 aromatic carbocycles. The lowest BCUT2D eigenvalue weighted by atomic mass is 10.1. The molecule has 0 N–H and O–H groups in total. The fourth-order valence-corrected chi connectivity index (χ4v) is 1.79. The van der Waals surface area contributed by atoms with Gasteiger partial charge in [-0.1, -0.05) is 13.3 Å². The third-order valence-corrected chi connectivity index (χ3v) is 2.75. The molecule has 0 radical (unpaired) electrons. The van der Waals surface area contributed by atoms with E-state index in [-0.39, 0.29) is 11.2 Å². The average molecular weight is 187 g/mol. The van der Waals surface area contributed by atoms with Gasteiger partial charge >= 0.3 is 0 Å². The maximum atomic E-state index is 11.5. The highest BCUT2D eigenvalue weighted by Crippen LogP contribution is 2.20. The van der Waals surface area contributed by atoms with Crippen LogP contribution in [0.1, 0.15) is 26.7 Å². The van der Waals surface area contributed by atoms with Crippen molar-refractivity contribution in [3.8, 4) is 0 Å². The van der Waals surface area contributed by atoms with Crippen molar-refractivity contribution in [1.82, 2.24) is 4.90 Å². The molecule has 1 saturated heterocycles. The van der Waals surface area contributed by atoms with E-state index in [1.54, 1.807) is 0 Å². The van der Waals surface area contributed by atoms with Crippen LogP contribution in [0.15, 0.2) is 0 Å². The van der Waals surface area contributed by atoms with E-state index < -0.39 is 0 Å². The van der Waals surface area contributed by atoms with E-state index >= 15 is 0 Å². The minimum Gasteiger partial charge on any atom is -0.341 e. The summed E-state index contributed by atoms with van der Waals surface area (Å²) >= 11 is 4.14. The predicted octanol–water partition coefficient (Wildman–Crippen LogP) is 1.56. The smallest absolute Gasteiger partial charge is 0.235 e. The molecule has 0 bridgehead atoms. The Hall–Kier alpha value is -0.180.